The first-order chi connectivity index (χ1) is 12.0. The molecule has 0 spiro atoms. The lowest BCUT2D eigenvalue weighted by molar-refractivity contribution is -0.112. The Balaban J connectivity index is 1.74. The van der Waals surface area contributed by atoms with Crippen LogP contribution in [0.15, 0.2) is 18.2 Å². The maximum absolute atomic E-state index is 11.0. The first-order valence-electron chi connectivity index (χ1n) is 9.11. The lowest BCUT2D eigenvalue weighted by Crippen LogP contribution is -2.50. The molecule has 134 valence electrons. The molecule has 0 aromatic heterocycles. The van der Waals surface area contributed by atoms with E-state index in [2.05, 4.69) is 6.07 Å². The Morgan fingerprint density at radius 3 is 2.84 bits per heavy atom. The van der Waals surface area contributed by atoms with E-state index >= 15 is 0 Å². The molecule has 3 aliphatic carbocycles. The minimum absolute atomic E-state index is 0.0341. The summed E-state index contributed by atoms with van der Waals surface area (Å²) in [5.41, 5.74) is 1.08. The van der Waals surface area contributed by atoms with E-state index in [9.17, 15) is 15.3 Å². The SMILES string of the molecule is COC1CC2C(CC(O)C2(O)CC#N)C2CCc3cc(O)ccc3C12. The van der Waals surface area contributed by atoms with Crippen molar-refractivity contribution in [2.45, 2.75) is 55.8 Å². The molecule has 4 rings (SSSR count). The summed E-state index contributed by atoms with van der Waals surface area (Å²) in [5.74, 6) is 0.925. The highest BCUT2D eigenvalue weighted by molar-refractivity contribution is 5.41. The van der Waals surface area contributed by atoms with Crippen LogP contribution < -0.4 is 0 Å². The van der Waals surface area contributed by atoms with Gasteiger partial charge in [-0.25, -0.2) is 0 Å². The van der Waals surface area contributed by atoms with Gasteiger partial charge in [-0.15, -0.1) is 0 Å². The van der Waals surface area contributed by atoms with Gasteiger partial charge in [0.15, 0.2) is 0 Å². The van der Waals surface area contributed by atoms with Gasteiger partial charge in [0.05, 0.1) is 24.7 Å². The third-order valence-electron chi connectivity index (χ3n) is 7.03. The van der Waals surface area contributed by atoms with E-state index in [0.29, 0.717) is 24.5 Å². The van der Waals surface area contributed by atoms with Gasteiger partial charge in [0, 0.05) is 13.0 Å². The van der Waals surface area contributed by atoms with Crippen LogP contribution in [0.1, 0.15) is 42.7 Å². The van der Waals surface area contributed by atoms with Crippen molar-refractivity contribution in [3.05, 3.63) is 29.3 Å². The molecule has 2 saturated carbocycles. The van der Waals surface area contributed by atoms with Gasteiger partial charge in [-0.2, -0.15) is 5.26 Å². The van der Waals surface area contributed by atoms with Crippen molar-refractivity contribution >= 4 is 0 Å². The number of aliphatic hydroxyl groups is 2. The fourth-order valence-electron chi connectivity index (χ4n) is 5.93. The Hall–Kier alpha value is -1.61. The van der Waals surface area contributed by atoms with Gasteiger partial charge in [-0.05, 0) is 66.7 Å². The summed E-state index contributed by atoms with van der Waals surface area (Å²) in [5, 5.41) is 40.5. The van der Waals surface area contributed by atoms with Gasteiger partial charge >= 0.3 is 0 Å². The average Bonchev–Trinajstić information content (AvgIpc) is 2.85. The van der Waals surface area contributed by atoms with Crippen LogP contribution in [-0.4, -0.2) is 40.2 Å². The van der Waals surface area contributed by atoms with Crippen LogP contribution in [0.3, 0.4) is 0 Å². The predicted molar refractivity (Wildman–Crippen MR) is 90.9 cm³/mol. The molecule has 0 saturated heterocycles. The number of aliphatic hydroxyl groups excluding tert-OH is 1. The predicted octanol–water partition coefficient (Wildman–Crippen LogP) is 2.10. The van der Waals surface area contributed by atoms with Crippen LogP contribution in [0.25, 0.3) is 0 Å². The summed E-state index contributed by atoms with van der Waals surface area (Å²) in [7, 11) is 1.70. The van der Waals surface area contributed by atoms with E-state index in [0.717, 1.165) is 12.8 Å². The zero-order valence-corrected chi connectivity index (χ0v) is 14.4. The molecule has 1 aromatic rings. The standard InChI is InChI=1S/C20H25NO4/c1-25-17-10-16-15(9-18(23)20(16,24)6-7-21)14-4-2-11-8-12(22)3-5-13(11)19(14)17/h3,5,8,14-19,22-24H,2,4,6,9-10H2,1H3. The number of ether oxygens (including phenoxy) is 1. The second-order valence-corrected chi connectivity index (χ2v) is 7.97. The molecule has 7 atom stereocenters. The number of aromatic hydroxyl groups is 1. The molecule has 0 aliphatic heterocycles. The number of nitriles is 1. The van der Waals surface area contributed by atoms with Gasteiger partial charge < -0.3 is 20.1 Å². The normalized spacial score (nSPS) is 42.2. The highest BCUT2D eigenvalue weighted by Crippen LogP contribution is 2.59. The van der Waals surface area contributed by atoms with Gasteiger partial charge in [-0.1, -0.05) is 6.07 Å². The van der Waals surface area contributed by atoms with Crippen LogP contribution >= 0.6 is 0 Å². The molecule has 2 fully saturated rings. The number of aryl methyl sites for hydroxylation is 1. The van der Waals surface area contributed by atoms with E-state index in [1.165, 1.54) is 11.1 Å². The quantitative estimate of drug-likeness (QED) is 0.764. The van der Waals surface area contributed by atoms with Gasteiger partial charge in [-0.3, -0.25) is 0 Å². The van der Waals surface area contributed by atoms with E-state index < -0.39 is 11.7 Å². The molecule has 0 radical (unpaired) electrons. The molecule has 0 heterocycles. The molecular formula is C20H25NO4. The minimum Gasteiger partial charge on any atom is -0.508 e. The molecule has 25 heavy (non-hydrogen) atoms. The number of methoxy groups -OCH3 is 1. The Bertz CT molecular complexity index is 714. The number of fused-ring (bicyclic) bond motifs is 5. The van der Waals surface area contributed by atoms with Crippen LogP contribution in [0, 0.1) is 29.1 Å². The first kappa shape index (κ1) is 16.8. The Labute approximate surface area is 147 Å². The zero-order chi connectivity index (χ0) is 17.8. The van der Waals surface area contributed by atoms with Gasteiger partial charge in [0.25, 0.3) is 0 Å². The maximum Gasteiger partial charge on any atom is 0.115 e. The van der Waals surface area contributed by atoms with Crippen molar-refractivity contribution in [1.82, 2.24) is 0 Å². The van der Waals surface area contributed by atoms with E-state index in [1.54, 1.807) is 13.2 Å². The number of phenols is 1. The van der Waals surface area contributed by atoms with Crippen molar-refractivity contribution in [1.29, 1.82) is 5.26 Å². The second-order valence-electron chi connectivity index (χ2n) is 7.97. The van der Waals surface area contributed by atoms with Crippen LogP contribution in [0.2, 0.25) is 0 Å². The van der Waals surface area contributed by atoms with Crippen molar-refractivity contribution in [2.75, 3.05) is 7.11 Å². The monoisotopic (exact) mass is 343 g/mol. The second kappa shape index (κ2) is 5.98. The molecule has 5 heteroatoms. The molecular weight excluding hydrogens is 318 g/mol. The maximum atomic E-state index is 11.0. The summed E-state index contributed by atoms with van der Waals surface area (Å²) >= 11 is 0. The van der Waals surface area contributed by atoms with E-state index in [1.807, 2.05) is 12.1 Å². The third kappa shape index (κ3) is 2.39. The molecule has 1 aromatic carbocycles. The number of rotatable bonds is 2. The highest BCUT2D eigenvalue weighted by atomic mass is 16.5. The van der Waals surface area contributed by atoms with Gasteiger partial charge in [0.1, 0.15) is 11.4 Å². The number of hydrogen-bond donors (Lipinski definition) is 3. The summed E-state index contributed by atoms with van der Waals surface area (Å²) in [6.45, 7) is 0. The lowest BCUT2D eigenvalue weighted by Gasteiger charge is -2.49. The molecule has 3 N–H and O–H groups in total. The molecule has 7 unspecified atom stereocenters. The largest absolute Gasteiger partial charge is 0.508 e. The fourth-order valence-corrected chi connectivity index (χ4v) is 5.93. The summed E-state index contributed by atoms with van der Waals surface area (Å²) in [6.07, 6.45) is 2.11. The third-order valence-corrected chi connectivity index (χ3v) is 7.03. The number of phenolic OH excluding ortho intramolecular Hbond substituents is 1. The fraction of sp³-hybridized carbons (Fsp3) is 0.650. The first-order valence-corrected chi connectivity index (χ1v) is 9.11. The smallest absolute Gasteiger partial charge is 0.115 e. The van der Waals surface area contributed by atoms with E-state index in [4.69, 9.17) is 10.00 Å². The van der Waals surface area contributed by atoms with Gasteiger partial charge in [0.2, 0.25) is 0 Å². The Morgan fingerprint density at radius 1 is 1.32 bits per heavy atom. The van der Waals surface area contributed by atoms with Crippen molar-refractivity contribution < 1.29 is 20.1 Å². The van der Waals surface area contributed by atoms with Crippen molar-refractivity contribution in [3.8, 4) is 11.8 Å². The van der Waals surface area contributed by atoms with Crippen molar-refractivity contribution in [2.24, 2.45) is 17.8 Å². The zero-order valence-electron chi connectivity index (χ0n) is 14.4. The summed E-state index contributed by atoms with van der Waals surface area (Å²) < 4.78 is 5.82. The number of hydrogen-bond acceptors (Lipinski definition) is 5. The molecule has 5 nitrogen and oxygen atoms in total. The number of nitrogens with zero attached hydrogens (tertiary/aromatic N) is 1. The Morgan fingerprint density at radius 2 is 2.12 bits per heavy atom. The average molecular weight is 343 g/mol. The van der Waals surface area contributed by atoms with Crippen LogP contribution in [0.4, 0.5) is 0 Å². The topological polar surface area (TPSA) is 93.7 Å². The van der Waals surface area contributed by atoms with E-state index in [-0.39, 0.29) is 30.3 Å². The Kier molecular flexibility index (Phi) is 4.03. The molecule has 0 bridgehead atoms. The van der Waals surface area contributed by atoms with Crippen LogP contribution in [0.5, 0.6) is 5.75 Å². The summed E-state index contributed by atoms with van der Waals surface area (Å²) in [4.78, 5) is 0. The lowest BCUT2D eigenvalue weighted by atomic mass is 9.58. The van der Waals surface area contributed by atoms with Crippen LogP contribution in [-0.2, 0) is 11.2 Å². The van der Waals surface area contributed by atoms with Crippen molar-refractivity contribution in [3.63, 3.8) is 0 Å². The highest BCUT2D eigenvalue weighted by Gasteiger charge is 2.60. The molecule has 3 aliphatic rings. The number of benzene rings is 1. The summed E-state index contributed by atoms with van der Waals surface area (Å²) in [6, 6.07) is 7.64. The molecule has 0 amide bonds. The minimum atomic E-state index is -1.32.